The quantitative estimate of drug-likeness (QED) is 0.673. The Bertz CT molecular complexity index is 144. The lowest BCUT2D eigenvalue weighted by molar-refractivity contribution is -0.144. The van der Waals surface area contributed by atoms with Crippen molar-refractivity contribution in [1.29, 1.82) is 0 Å². The first-order valence-electron chi connectivity index (χ1n) is 4.02. The highest BCUT2D eigenvalue weighted by Gasteiger charge is 2.22. The molecule has 0 spiro atoms. The van der Waals surface area contributed by atoms with Crippen molar-refractivity contribution < 1.29 is 14.6 Å². The Morgan fingerprint density at radius 3 is 2.82 bits per heavy atom. The third kappa shape index (κ3) is 2.89. The van der Waals surface area contributed by atoms with E-state index in [-0.39, 0.29) is 12.7 Å². The molecule has 0 amide bonds. The van der Waals surface area contributed by atoms with Gasteiger partial charge in [0.15, 0.2) is 0 Å². The number of carbonyl (C=O) groups is 1. The van der Waals surface area contributed by atoms with Crippen molar-refractivity contribution in [1.82, 2.24) is 0 Å². The van der Waals surface area contributed by atoms with E-state index in [1.807, 2.05) is 0 Å². The van der Waals surface area contributed by atoms with Crippen LogP contribution in [0.4, 0.5) is 0 Å². The first-order valence-corrected chi connectivity index (χ1v) is 4.02. The Morgan fingerprint density at radius 2 is 2.36 bits per heavy atom. The first kappa shape index (κ1) is 8.53. The zero-order valence-corrected chi connectivity index (χ0v) is 6.75. The van der Waals surface area contributed by atoms with Gasteiger partial charge in [0.05, 0.1) is 6.10 Å². The predicted molar refractivity (Wildman–Crippen MR) is 40.4 cm³/mol. The molecule has 1 saturated carbocycles. The fraction of sp³-hybridized carbons (Fsp3) is 0.875. The lowest BCUT2D eigenvalue weighted by Gasteiger charge is -2.08. The van der Waals surface area contributed by atoms with Gasteiger partial charge >= 0.3 is 5.97 Å². The molecule has 2 unspecified atom stereocenters. The summed E-state index contributed by atoms with van der Waals surface area (Å²) < 4.78 is 5.14. The van der Waals surface area contributed by atoms with Gasteiger partial charge in [-0.3, -0.25) is 0 Å². The van der Waals surface area contributed by atoms with E-state index >= 15 is 0 Å². The fourth-order valence-corrected chi connectivity index (χ4v) is 1.50. The topological polar surface area (TPSA) is 46.5 Å². The van der Waals surface area contributed by atoms with Crippen molar-refractivity contribution in [3.63, 3.8) is 0 Å². The maximum Gasteiger partial charge on any atom is 0.329 e. The molecule has 0 radical (unpaired) electrons. The molecular weight excluding hydrogens is 144 g/mol. The summed E-state index contributed by atoms with van der Waals surface area (Å²) in [7, 11) is 0. The van der Waals surface area contributed by atoms with Gasteiger partial charge in [0, 0.05) is 0 Å². The summed E-state index contributed by atoms with van der Waals surface area (Å²) in [6.07, 6.45) is 3.41. The predicted octanol–water partition coefficient (Wildman–Crippen LogP) is 1.28. The minimum absolute atomic E-state index is 0.141. The van der Waals surface area contributed by atoms with Gasteiger partial charge in [-0.1, -0.05) is 6.92 Å². The summed E-state index contributed by atoms with van der Waals surface area (Å²) in [5.41, 5.74) is 0. The van der Waals surface area contributed by atoms with Crippen molar-refractivity contribution in [2.45, 2.75) is 32.3 Å². The van der Waals surface area contributed by atoms with Gasteiger partial charge in [0.1, 0.15) is 6.61 Å². The molecule has 0 aromatic heterocycles. The van der Waals surface area contributed by atoms with Crippen LogP contribution in [-0.4, -0.2) is 23.8 Å². The van der Waals surface area contributed by atoms with Gasteiger partial charge in [-0.2, -0.15) is 0 Å². The average molecular weight is 158 g/mol. The summed E-state index contributed by atoms with van der Waals surface area (Å²) in [6.45, 7) is 2.03. The zero-order valence-electron chi connectivity index (χ0n) is 6.75. The summed E-state index contributed by atoms with van der Waals surface area (Å²) >= 11 is 0. The highest BCUT2D eigenvalue weighted by atomic mass is 16.5. The summed E-state index contributed by atoms with van der Waals surface area (Å²) in [4.78, 5) is 10.1. The molecule has 0 bridgehead atoms. The van der Waals surface area contributed by atoms with E-state index in [0.717, 1.165) is 12.8 Å². The molecule has 1 fully saturated rings. The molecule has 64 valence electrons. The van der Waals surface area contributed by atoms with Crippen LogP contribution in [0.2, 0.25) is 0 Å². The maximum atomic E-state index is 10.1. The van der Waals surface area contributed by atoms with Crippen LogP contribution >= 0.6 is 0 Å². The van der Waals surface area contributed by atoms with Crippen LogP contribution in [0.1, 0.15) is 26.2 Å². The van der Waals surface area contributed by atoms with Gasteiger partial charge in [-0.25, -0.2) is 4.79 Å². The average Bonchev–Trinajstić information content (AvgIpc) is 2.31. The van der Waals surface area contributed by atoms with E-state index in [1.165, 1.54) is 6.42 Å². The highest BCUT2D eigenvalue weighted by Crippen LogP contribution is 2.26. The number of aliphatic carboxylic acids is 1. The molecule has 0 heterocycles. The number of hydrogen-bond acceptors (Lipinski definition) is 2. The molecule has 1 aliphatic rings. The molecule has 3 nitrogen and oxygen atoms in total. The highest BCUT2D eigenvalue weighted by molar-refractivity contribution is 5.68. The zero-order chi connectivity index (χ0) is 8.27. The Balaban J connectivity index is 2.13. The van der Waals surface area contributed by atoms with Crippen molar-refractivity contribution in [2.75, 3.05) is 6.61 Å². The van der Waals surface area contributed by atoms with E-state index in [1.54, 1.807) is 0 Å². The molecule has 1 aliphatic carbocycles. The normalized spacial score (nSPS) is 30.6. The van der Waals surface area contributed by atoms with Crippen LogP contribution in [0.15, 0.2) is 0 Å². The summed E-state index contributed by atoms with van der Waals surface area (Å²) in [5.74, 6) is -0.168. The van der Waals surface area contributed by atoms with E-state index in [0.29, 0.717) is 5.92 Å². The minimum atomic E-state index is -0.871. The van der Waals surface area contributed by atoms with Crippen molar-refractivity contribution >= 4 is 5.97 Å². The van der Waals surface area contributed by atoms with E-state index < -0.39 is 5.97 Å². The second-order valence-corrected chi connectivity index (χ2v) is 3.24. The van der Waals surface area contributed by atoms with Crippen LogP contribution in [0.3, 0.4) is 0 Å². The Labute approximate surface area is 66.4 Å². The Kier molecular flexibility index (Phi) is 2.88. The molecule has 3 heteroatoms. The van der Waals surface area contributed by atoms with E-state index in [4.69, 9.17) is 9.84 Å². The van der Waals surface area contributed by atoms with Gasteiger partial charge in [-0.05, 0) is 25.2 Å². The molecule has 0 aromatic rings. The first-order chi connectivity index (χ1) is 5.18. The molecule has 0 saturated heterocycles. The number of rotatable bonds is 3. The minimum Gasteiger partial charge on any atom is -0.480 e. The SMILES string of the molecule is CC1CCC(OCC(=O)O)C1. The molecule has 1 N–H and O–H groups in total. The van der Waals surface area contributed by atoms with Crippen molar-refractivity contribution in [2.24, 2.45) is 5.92 Å². The molecule has 0 aromatic carbocycles. The second-order valence-electron chi connectivity index (χ2n) is 3.24. The van der Waals surface area contributed by atoms with Crippen LogP contribution in [0.25, 0.3) is 0 Å². The number of carboxylic acids is 1. The summed E-state index contributed by atoms with van der Waals surface area (Å²) in [5, 5.41) is 8.31. The lowest BCUT2D eigenvalue weighted by Crippen LogP contribution is -2.15. The standard InChI is InChI=1S/C8H14O3/c1-6-2-3-7(4-6)11-5-8(9)10/h6-7H,2-5H2,1H3,(H,9,10). The van der Waals surface area contributed by atoms with Crippen LogP contribution in [0.5, 0.6) is 0 Å². The Hall–Kier alpha value is -0.570. The van der Waals surface area contributed by atoms with Crippen molar-refractivity contribution in [3.05, 3.63) is 0 Å². The van der Waals surface area contributed by atoms with E-state index in [9.17, 15) is 4.79 Å². The Morgan fingerprint density at radius 1 is 1.64 bits per heavy atom. The molecule has 2 atom stereocenters. The van der Waals surface area contributed by atoms with Gasteiger partial charge in [0.2, 0.25) is 0 Å². The number of carboxylic acid groups (broad SMARTS) is 1. The smallest absolute Gasteiger partial charge is 0.329 e. The molecule has 0 aliphatic heterocycles. The van der Waals surface area contributed by atoms with Crippen molar-refractivity contribution in [3.8, 4) is 0 Å². The number of hydrogen-bond donors (Lipinski definition) is 1. The van der Waals surface area contributed by atoms with E-state index in [2.05, 4.69) is 6.92 Å². The largest absolute Gasteiger partial charge is 0.480 e. The summed E-state index contributed by atoms with van der Waals surface area (Å²) in [6, 6.07) is 0. The monoisotopic (exact) mass is 158 g/mol. The third-order valence-electron chi connectivity index (χ3n) is 2.09. The molecular formula is C8H14O3. The van der Waals surface area contributed by atoms with Gasteiger partial charge in [-0.15, -0.1) is 0 Å². The van der Waals surface area contributed by atoms with Crippen LogP contribution in [0, 0.1) is 5.92 Å². The second kappa shape index (κ2) is 3.72. The number of ether oxygens (including phenoxy) is 1. The third-order valence-corrected chi connectivity index (χ3v) is 2.09. The fourth-order valence-electron chi connectivity index (χ4n) is 1.50. The van der Waals surface area contributed by atoms with Crippen LogP contribution < -0.4 is 0 Å². The lowest BCUT2D eigenvalue weighted by atomic mass is 10.1. The maximum absolute atomic E-state index is 10.1. The van der Waals surface area contributed by atoms with Crippen LogP contribution in [-0.2, 0) is 9.53 Å². The molecule has 1 rings (SSSR count). The molecule has 11 heavy (non-hydrogen) atoms. The van der Waals surface area contributed by atoms with Gasteiger partial charge in [0.25, 0.3) is 0 Å². The van der Waals surface area contributed by atoms with Gasteiger partial charge < -0.3 is 9.84 Å².